The molecular weight excluding hydrogens is 234 g/mol. The molecule has 0 radical (unpaired) electrons. The highest BCUT2D eigenvalue weighted by Crippen LogP contribution is 2.23. The van der Waals surface area contributed by atoms with Crippen molar-refractivity contribution in [1.29, 1.82) is 0 Å². The fraction of sp³-hybridized carbons (Fsp3) is 0.364. The largest absolute Gasteiger partial charge is 0.381 e. The van der Waals surface area contributed by atoms with E-state index < -0.39 is 0 Å². The van der Waals surface area contributed by atoms with Crippen molar-refractivity contribution in [2.45, 2.75) is 30.7 Å². The Balaban J connectivity index is 2.00. The van der Waals surface area contributed by atoms with Crippen LogP contribution in [0.1, 0.15) is 25.6 Å². The Morgan fingerprint density at radius 1 is 1.35 bits per heavy atom. The maximum atomic E-state index is 5.72. The Labute approximate surface area is 104 Å². The van der Waals surface area contributed by atoms with Gasteiger partial charge in [0.05, 0.1) is 5.69 Å². The molecule has 2 heterocycles. The Bertz CT molecular complexity index is 494. The van der Waals surface area contributed by atoms with Crippen LogP contribution < -0.4 is 5.73 Å². The predicted molar refractivity (Wildman–Crippen MR) is 68.6 cm³/mol. The van der Waals surface area contributed by atoms with E-state index in [4.69, 9.17) is 5.73 Å². The number of rotatable bonds is 4. The van der Waals surface area contributed by atoms with Crippen LogP contribution in [0.5, 0.6) is 0 Å². The average molecular weight is 249 g/mol. The van der Waals surface area contributed by atoms with Crippen molar-refractivity contribution in [2.75, 3.05) is 5.73 Å². The van der Waals surface area contributed by atoms with Crippen molar-refractivity contribution in [2.24, 2.45) is 0 Å². The number of nitrogen functional groups attached to an aromatic ring is 1. The van der Waals surface area contributed by atoms with E-state index in [1.54, 1.807) is 24.2 Å². The highest BCUT2D eigenvalue weighted by molar-refractivity contribution is 7.98. The van der Waals surface area contributed by atoms with Gasteiger partial charge in [0.2, 0.25) is 0 Å². The number of hydrogen-bond acceptors (Lipinski definition) is 5. The van der Waals surface area contributed by atoms with E-state index in [1.807, 2.05) is 16.9 Å². The molecule has 0 aliphatic carbocycles. The van der Waals surface area contributed by atoms with Crippen LogP contribution in [-0.4, -0.2) is 19.7 Å². The molecule has 0 saturated heterocycles. The van der Waals surface area contributed by atoms with Crippen LogP contribution in [0.25, 0.3) is 0 Å². The summed E-state index contributed by atoms with van der Waals surface area (Å²) < 4.78 is 1.94. The number of aromatic nitrogens is 4. The van der Waals surface area contributed by atoms with Crippen molar-refractivity contribution < 1.29 is 0 Å². The average Bonchev–Trinajstić information content (AvgIpc) is 2.77. The SMILES string of the molecule is CC(C)n1ccc(CSc2nccnc2N)n1. The van der Waals surface area contributed by atoms with Crippen molar-refractivity contribution >= 4 is 17.6 Å². The molecule has 0 spiro atoms. The second-order valence-corrected chi connectivity index (χ2v) is 4.88. The lowest BCUT2D eigenvalue weighted by molar-refractivity contribution is 0.529. The van der Waals surface area contributed by atoms with Crippen molar-refractivity contribution in [3.8, 4) is 0 Å². The first-order chi connectivity index (χ1) is 8.16. The predicted octanol–water partition coefficient (Wildman–Crippen LogP) is 2.13. The van der Waals surface area contributed by atoms with Crippen LogP contribution in [0, 0.1) is 0 Å². The second kappa shape index (κ2) is 5.18. The Kier molecular flexibility index (Phi) is 3.63. The zero-order valence-electron chi connectivity index (χ0n) is 9.87. The lowest BCUT2D eigenvalue weighted by Crippen LogP contribution is -2.01. The number of thioether (sulfide) groups is 1. The first-order valence-corrected chi connectivity index (χ1v) is 6.38. The Morgan fingerprint density at radius 3 is 2.76 bits per heavy atom. The van der Waals surface area contributed by atoms with E-state index in [9.17, 15) is 0 Å². The maximum Gasteiger partial charge on any atom is 0.156 e. The van der Waals surface area contributed by atoms with Gasteiger partial charge in [0, 0.05) is 30.4 Å². The first-order valence-electron chi connectivity index (χ1n) is 5.40. The molecule has 6 heteroatoms. The second-order valence-electron chi connectivity index (χ2n) is 3.92. The quantitative estimate of drug-likeness (QED) is 0.841. The van der Waals surface area contributed by atoms with E-state index in [2.05, 4.69) is 28.9 Å². The minimum Gasteiger partial charge on any atom is -0.381 e. The smallest absolute Gasteiger partial charge is 0.156 e. The zero-order chi connectivity index (χ0) is 12.3. The van der Waals surface area contributed by atoms with Crippen molar-refractivity contribution in [1.82, 2.24) is 19.7 Å². The molecule has 0 aromatic carbocycles. The minimum atomic E-state index is 0.385. The number of nitrogens with two attached hydrogens (primary N) is 1. The zero-order valence-corrected chi connectivity index (χ0v) is 10.7. The fourth-order valence-corrected chi connectivity index (χ4v) is 2.11. The molecule has 90 valence electrons. The van der Waals surface area contributed by atoms with Gasteiger partial charge in [-0.2, -0.15) is 5.10 Å². The number of anilines is 1. The number of nitrogens with zero attached hydrogens (tertiary/aromatic N) is 4. The third-order valence-corrected chi connectivity index (χ3v) is 3.27. The lowest BCUT2D eigenvalue weighted by atomic mass is 10.4. The van der Waals surface area contributed by atoms with Gasteiger partial charge in [0.25, 0.3) is 0 Å². The summed E-state index contributed by atoms with van der Waals surface area (Å²) >= 11 is 1.55. The van der Waals surface area contributed by atoms with Crippen LogP contribution in [0.2, 0.25) is 0 Å². The Hall–Kier alpha value is -1.56. The molecule has 17 heavy (non-hydrogen) atoms. The highest BCUT2D eigenvalue weighted by atomic mass is 32.2. The summed E-state index contributed by atoms with van der Waals surface area (Å²) in [6.07, 6.45) is 5.22. The standard InChI is InChI=1S/C11H15N5S/c1-8(2)16-6-3-9(15-16)7-17-11-10(12)13-4-5-14-11/h3-6,8H,7H2,1-2H3,(H2,12,13). The van der Waals surface area contributed by atoms with Crippen LogP contribution in [-0.2, 0) is 5.75 Å². The van der Waals surface area contributed by atoms with E-state index in [0.29, 0.717) is 11.9 Å². The normalized spacial score (nSPS) is 11.0. The third kappa shape index (κ3) is 2.97. The third-order valence-electron chi connectivity index (χ3n) is 2.24. The van der Waals surface area contributed by atoms with Crippen LogP contribution in [0.4, 0.5) is 5.82 Å². The number of hydrogen-bond donors (Lipinski definition) is 1. The lowest BCUT2D eigenvalue weighted by Gasteiger charge is -2.04. The summed E-state index contributed by atoms with van der Waals surface area (Å²) in [7, 11) is 0. The van der Waals surface area contributed by atoms with E-state index in [0.717, 1.165) is 16.5 Å². The summed E-state index contributed by atoms with van der Waals surface area (Å²) in [5.41, 5.74) is 6.74. The molecule has 2 aromatic heterocycles. The molecule has 0 unspecified atom stereocenters. The Morgan fingerprint density at radius 2 is 2.12 bits per heavy atom. The topological polar surface area (TPSA) is 69.6 Å². The van der Waals surface area contributed by atoms with Gasteiger partial charge in [-0.05, 0) is 19.9 Å². The van der Waals surface area contributed by atoms with Crippen molar-refractivity contribution in [3.63, 3.8) is 0 Å². The van der Waals surface area contributed by atoms with Crippen molar-refractivity contribution in [3.05, 3.63) is 30.4 Å². The summed E-state index contributed by atoms with van der Waals surface area (Å²) in [6.45, 7) is 4.20. The molecule has 5 nitrogen and oxygen atoms in total. The van der Waals surface area contributed by atoms with Gasteiger partial charge in [0.1, 0.15) is 5.03 Å². The summed E-state index contributed by atoms with van der Waals surface area (Å²) in [5.74, 6) is 1.23. The van der Waals surface area contributed by atoms with E-state index >= 15 is 0 Å². The van der Waals surface area contributed by atoms with Gasteiger partial charge in [-0.25, -0.2) is 9.97 Å². The summed E-state index contributed by atoms with van der Waals surface area (Å²) in [6, 6.07) is 2.40. The van der Waals surface area contributed by atoms with Gasteiger partial charge in [-0.3, -0.25) is 4.68 Å². The minimum absolute atomic E-state index is 0.385. The highest BCUT2D eigenvalue weighted by Gasteiger charge is 2.05. The van der Waals surface area contributed by atoms with Gasteiger partial charge in [-0.1, -0.05) is 11.8 Å². The molecule has 2 rings (SSSR count). The van der Waals surface area contributed by atoms with Crippen LogP contribution in [0.3, 0.4) is 0 Å². The molecule has 0 saturated carbocycles. The molecular formula is C11H15N5S. The maximum absolute atomic E-state index is 5.72. The van der Waals surface area contributed by atoms with Gasteiger partial charge in [0.15, 0.2) is 5.82 Å². The molecule has 2 N–H and O–H groups in total. The molecule has 0 amide bonds. The van der Waals surface area contributed by atoms with E-state index in [1.165, 1.54) is 0 Å². The molecule has 0 fully saturated rings. The first kappa shape index (κ1) is 11.9. The molecule has 0 aliphatic rings. The molecule has 0 atom stereocenters. The van der Waals surface area contributed by atoms with Crippen LogP contribution in [0.15, 0.2) is 29.7 Å². The van der Waals surface area contributed by atoms with Crippen LogP contribution >= 0.6 is 11.8 Å². The van der Waals surface area contributed by atoms with Gasteiger partial charge >= 0.3 is 0 Å². The fourth-order valence-electron chi connectivity index (χ4n) is 1.33. The molecule has 2 aromatic rings. The summed E-state index contributed by atoms with van der Waals surface area (Å²) in [4.78, 5) is 8.17. The monoisotopic (exact) mass is 249 g/mol. The molecule has 0 aliphatic heterocycles. The van der Waals surface area contributed by atoms with Gasteiger partial charge < -0.3 is 5.73 Å². The van der Waals surface area contributed by atoms with E-state index in [-0.39, 0.29) is 0 Å². The molecule has 0 bridgehead atoms. The summed E-state index contributed by atoms with van der Waals surface area (Å²) in [5, 5.41) is 5.22. The van der Waals surface area contributed by atoms with Gasteiger partial charge in [-0.15, -0.1) is 0 Å².